The van der Waals surface area contributed by atoms with E-state index >= 15 is 0 Å². The second-order valence-corrected chi connectivity index (χ2v) is 3.35. The molecule has 1 aromatic carbocycles. The zero-order valence-electron chi connectivity index (χ0n) is 6.60. The molecule has 0 heterocycles. The van der Waals surface area contributed by atoms with Gasteiger partial charge in [-0.05, 0) is 22.0 Å². The van der Waals surface area contributed by atoms with Crippen LogP contribution in [0.25, 0.3) is 0 Å². The Morgan fingerprint density at radius 1 is 1.54 bits per heavy atom. The van der Waals surface area contributed by atoms with Gasteiger partial charge in [0, 0.05) is 5.56 Å². The van der Waals surface area contributed by atoms with Gasteiger partial charge < -0.3 is 10.8 Å². The standard InChI is InChI=1S/C8H8BrF2NO/c9-7-5(11)2-1-4(8(7)13)6(12)3-10/h1-2,6,13H,3,12H2/t6-/m1/s1. The van der Waals surface area contributed by atoms with E-state index in [0.717, 1.165) is 6.07 Å². The Labute approximate surface area is 82.5 Å². The average Bonchev–Trinajstić information content (AvgIpc) is 2.13. The fraction of sp³-hybridized carbons (Fsp3) is 0.250. The van der Waals surface area contributed by atoms with Gasteiger partial charge in [-0.3, -0.25) is 0 Å². The first-order chi connectivity index (χ1) is 6.07. The third kappa shape index (κ3) is 1.97. The molecule has 0 aromatic heterocycles. The summed E-state index contributed by atoms with van der Waals surface area (Å²) < 4.78 is 24.8. The maximum absolute atomic E-state index is 12.8. The molecule has 5 heteroatoms. The zero-order valence-corrected chi connectivity index (χ0v) is 8.18. The van der Waals surface area contributed by atoms with Gasteiger partial charge in [-0.2, -0.15) is 0 Å². The minimum Gasteiger partial charge on any atom is -0.506 e. The Balaban J connectivity index is 3.18. The molecule has 0 aliphatic heterocycles. The summed E-state index contributed by atoms with van der Waals surface area (Å²) >= 11 is 2.82. The number of alkyl halides is 1. The van der Waals surface area contributed by atoms with Gasteiger partial charge in [0.05, 0.1) is 10.5 Å². The molecule has 0 aliphatic carbocycles. The largest absolute Gasteiger partial charge is 0.506 e. The first kappa shape index (κ1) is 10.4. The zero-order chi connectivity index (χ0) is 10.0. The Morgan fingerprint density at radius 2 is 2.15 bits per heavy atom. The number of nitrogens with two attached hydrogens (primary N) is 1. The van der Waals surface area contributed by atoms with Crippen LogP contribution in [0, 0.1) is 5.82 Å². The van der Waals surface area contributed by atoms with Gasteiger partial charge in [-0.15, -0.1) is 0 Å². The van der Waals surface area contributed by atoms with Crippen molar-refractivity contribution in [1.82, 2.24) is 0 Å². The van der Waals surface area contributed by atoms with Crippen LogP contribution in [0.3, 0.4) is 0 Å². The highest BCUT2D eigenvalue weighted by Crippen LogP contribution is 2.33. The van der Waals surface area contributed by atoms with Crippen LogP contribution < -0.4 is 5.73 Å². The highest BCUT2D eigenvalue weighted by atomic mass is 79.9. The van der Waals surface area contributed by atoms with Gasteiger partial charge in [0.2, 0.25) is 0 Å². The van der Waals surface area contributed by atoms with Crippen molar-refractivity contribution in [2.45, 2.75) is 6.04 Å². The van der Waals surface area contributed by atoms with E-state index in [1.165, 1.54) is 6.07 Å². The van der Waals surface area contributed by atoms with E-state index in [1.54, 1.807) is 0 Å². The van der Waals surface area contributed by atoms with Crippen molar-refractivity contribution in [2.75, 3.05) is 6.67 Å². The molecule has 0 fully saturated rings. The van der Waals surface area contributed by atoms with Crippen LogP contribution in [0.5, 0.6) is 5.75 Å². The predicted molar refractivity (Wildman–Crippen MR) is 48.7 cm³/mol. The molecule has 0 aliphatic rings. The van der Waals surface area contributed by atoms with E-state index < -0.39 is 18.5 Å². The van der Waals surface area contributed by atoms with Crippen molar-refractivity contribution in [2.24, 2.45) is 5.73 Å². The van der Waals surface area contributed by atoms with Gasteiger partial charge in [0.15, 0.2) is 0 Å². The van der Waals surface area contributed by atoms with Crippen molar-refractivity contribution >= 4 is 15.9 Å². The first-order valence-corrected chi connectivity index (χ1v) is 4.35. The average molecular weight is 252 g/mol. The van der Waals surface area contributed by atoms with E-state index in [-0.39, 0.29) is 15.8 Å². The van der Waals surface area contributed by atoms with Crippen LogP contribution >= 0.6 is 15.9 Å². The molecule has 0 bridgehead atoms. The third-order valence-electron chi connectivity index (χ3n) is 1.67. The molecule has 1 atom stereocenters. The SMILES string of the molecule is N[C@H](CF)c1ccc(F)c(Br)c1O. The molecule has 3 N–H and O–H groups in total. The molecule has 0 saturated carbocycles. The number of halogens is 3. The predicted octanol–water partition coefficient (Wildman–Crippen LogP) is 2.26. The molecule has 72 valence electrons. The maximum Gasteiger partial charge on any atom is 0.141 e. The van der Waals surface area contributed by atoms with Gasteiger partial charge >= 0.3 is 0 Å². The minimum absolute atomic E-state index is 0.0890. The van der Waals surface area contributed by atoms with Crippen LogP contribution in [0.1, 0.15) is 11.6 Å². The van der Waals surface area contributed by atoms with Crippen LogP contribution in [0.4, 0.5) is 8.78 Å². The molecule has 0 saturated heterocycles. The van der Waals surface area contributed by atoms with Gasteiger partial charge in [-0.25, -0.2) is 8.78 Å². The maximum atomic E-state index is 12.8. The highest BCUT2D eigenvalue weighted by Gasteiger charge is 2.15. The molecule has 0 spiro atoms. The Bertz CT molecular complexity index is 319. The second kappa shape index (κ2) is 4.02. The lowest BCUT2D eigenvalue weighted by molar-refractivity contribution is 0.410. The van der Waals surface area contributed by atoms with E-state index in [4.69, 9.17) is 5.73 Å². The lowest BCUT2D eigenvalue weighted by Crippen LogP contribution is -2.12. The summed E-state index contributed by atoms with van der Waals surface area (Å²) in [6.07, 6.45) is 0. The van der Waals surface area contributed by atoms with E-state index in [0.29, 0.717) is 0 Å². The number of phenolic OH excluding ortho intramolecular Hbond substituents is 1. The Morgan fingerprint density at radius 3 is 2.69 bits per heavy atom. The summed E-state index contributed by atoms with van der Waals surface area (Å²) in [4.78, 5) is 0. The summed E-state index contributed by atoms with van der Waals surface area (Å²) in [6, 6.07) is 1.46. The fourth-order valence-corrected chi connectivity index (χ4v) is 1.30. The molecular formula is C8H8BrF2NO. The summed E-state index contributed by atoms with van der Waals surface area (Å²) in [7, 11) is 0. The van der Waals surface area contributed by atoms with Crippen LogP contribution in [-0.4, -0.2) is 11.8 Å². The Hall–Kier alpha value is -0.680. The number of aromatic hydroxyl groups is 1. The number of benzene rings is 1. The topological polar surface area (TPSA) is 46.2 Å². The first-order valence-electron chi connectivity index (χ1n) is 3.56. The lowest BCUT2D eigenvalue weighted by atomic mass is 10.1. The van der Waals surface area contributed by atoms with E-state index in [1.807, 2.05) is 0 Å². The smallest absolute Gasteiger partial charge is 0.141 e. The normalized spacial score (nSPS) is 12.9. The number of phenols is 1. The number of rotatable bonds is 2. The monoisotopic (exact) mass is 251 g/mol. The van der Waals surface area contributed by atoms with E-state index in [9.17, 15) is 13.9 Å². The van der Waals surface area contributed by atoms with Crippen LogP contribution in [0.15, 0.2) is 16.6 Å². The van der Waals surface area contributed by atoms with Crippen molar-refractivity contribution in [1.29, 1.82) is 0 Å². The van der Waals surface area contributed by atoms with Gasteiger partial charge in [-0.1, -0.05) is 6.07 Å². The van der Waals surface area contributed by atoms with Gasteiger partial charge in [0.25, 0.3) is 0 Å². The minimum atomic E-state index is -0.920. The number of hydrogen-bond acceptors (Lipinski definition) is 2. The van der Waals surface area contributed by atoms with Crippen LogP contribution in [-0.2, 0) is 0 Å². The second-order valence-electron chi connectivity index (χ2n) is 2.56. The molecule has 0 radical (unpaired) electrons. The molecule has 1 aromatic rings. The molecule has 13 heavy (non-hydrogen) atoms. The molecule has 2 nitrogen and oxygen atoms in total. The highest BCUT2D eigenvalue weighted by molar-refractivity contribution is 9.10. The summed E-state index contributed by atoms with van der Waals surface area (Å²) in [5.41, 5.74) is 5.53. The van der Waals surface area contributed by atoms with E-state index in [2.05, 4.69) is 15.9 Å². The number of hydrogen-bond donors (Lipinski definition) is 2. The summed E-state index contributed by atoms with van der Waals surface area (Å²) in [5.74, 6) is -0.947. The van der Waals surface area contributed by atoms with Crippen molar-refractivity contribution in [3.05, 3.63) is 28.0 Å². The van der Waals surface area contributed by atoms with Crippen molar-refractivity contribution in [3.8, 4) is 5.75 Å². The molecule has 1 rings (SSSR count). The summed E-state index contributed by atoms with van der Waals surface area (Å²) in [5, 5.41) is 9.35. The van der Waals surface area contributed by atoms with Crippen molar-refractivity contribution in [3.63, 3.8) is 0 Å². The van der Waals surface area contributed by atoms with Crippen LogP contribution in [0.2, 0.25) is 0 Å². The summed E-state index contributed by atoms with van der Waals surface area (Å²) in [6.45, 7) is -0.800. The fourth-order valence-electron chi connectivity index (χ4n) is 0.937. The quantitative estimate of drug-likeness (QED) is 0.847. The van der Waals surface area contributed by atoms with Crippen molar-refractivity contribution < 1.29 is 13.9 Å². The van der Waals surface area contributed by atoms with Gasteiger partial charge in [0.1, 0.15) is 18.2 Å². The molecule has 0 unspecified atom stereocenters. The Kier molecular flexibility index (Phi) is 3.22. The molecule has 0 amide bonds. The molecular weight excluding hydrogens is 244 g/mol. The third-order valence-corrected chi connectivity index (χ3v) is 2.42. The lowest BCUT2D eigenvalue weighted by Gasteiger charge is -2.10.